The Balaban J connectivity index is 1.78. The normalized spacial score (nSPS) is 17.2. The zero-order valence-electron chi connectivity index (χ0n) is 12.5. The van der Waals surface area contributed by atoms with Crippen LogP contribution in [0.2, 0.25) is 0 Å². The number of hydrogen-bond donors (Lipinski definition) is 2. The number of aromatic nitrogens is 1. The molecule has 1 fully saturated rings. The van der Waals surface area contributed by atoms with E-state index in [1.165, 1.54) is 10.6 Å². The molecule has 1 aliphatic heterocycles. The largest absolute Gasteiger partial charge is 0.379 e. The van der Waals surface area contributed by atoms with Crippen LogP contribution in [0.1, 0.15) is 6.92 Å². The van der Waals surface area contributed by atoms with Crippen molar-refractivity contribution in [3.8, 4) is 0 Å². The number of anilines is 1. The van der Waals surface area contributed by atoms with Crippen molar-refractivity contribution in [2.45, 2.75) is 13.0 Å². The standard InChI is InChI=1S/C14H22N4O3/c1-11(18-5-7-21-8-6-18)9-15-14(20)16-12-3-4-13(19)17(2)10-12/h3-4,10-11H,5-9H2,1-2H3,(H2,15,16,20)/t11-/m0/s1. The number of carbonyl (C=O) groups excluding carboxylic acids is 1. The molecule has 2 N–H and O–H groups in total. The van der Waals surface area contributed by atoms with Crippen LogP contribution in [0.3, 0.4) is 0 Å². The minimum atomic E-state index is -0.270. The van der Waals surface area contributed by atoms with Gasteiger partial charge >= 0.3 is 6.03 Å². The van der Waals surface area contributed by atoms with Gasteiger partial charge in [0.25, 0.3) is 0 Å². The second-order valence-corrected chi connectivity index (χ2v) is 5.20. The summed E-state index contributed by atoms with van der Waals surface area (Å²) in [6.07, 6.45) is 1.59. The summed E-state index contributed by atoms with van der Waals surface area (Å²) in [5.41, 5.74) is 0.482. The number of amides is 2. The van der Waals surface area contributed by atoms with Crippen molar-refractivity contribution in [3.63, 3.8) is 0 Å². The van der Waals surface area contributed by atoms with Crippen molar-refractivity contribution in [2.24, 2.45) is 7.05 Å². The number of pyridine rings is 1. The Morgan fingerprint density at radius 2 is 2.10 bits per heavy atom. The Bertz CT molecular complexity index is 537. The Kier molecular flexibility index (Phi) is 5.35. The van der Waals surface area contributed by atoms with E-state index in [0.29, 0.717) is 12.2 Å². The van der Waals surface area contributed by atoms with Gasteiger partial charge in [-0.1, -0.05) is 0 Å². The zero-order valence-corrected chi connectivity index (χ0v) is 12.5. The maximum Gasteiger partial charge on any atom is 0.319 e. The van der Waals surface area contributed by atoms with Crippen LogP contribution in [0.5, 0.6) is 0 Å². The summed E-state index contributed by atoms with van der Waals surface area (Å²) in [6, 6.07) is 3.01. The molecule has 1 aromatic heterocycles. The van der Waals surface area contributed by atoms with Gasteiger partial charge in [0.1, 0.15) is 0 Å². The van der Waals surface area contributed by atoms with E-state index < -0.39 is 0 Å². The van der Waals surface area contributed by atoms with E-state index in [0.717, 1.165) is 26.3 Å². The van der Waals surface area contributed by atoms with E-state index in [1.807, 2.05) is 0 Å². The molecule has 0 aliphatic carbocycles. The fourth-order valence-corrected chi connectivity index (χ4v) is 2.23. The second kappa shape index (κ2) is 7.24. The van der Waals surface area contributed by atoms with Crippen molar-refractivity contribution in [2.75, 3.05) is 38.2 Å². The average molecular weight is 294 g/mol. The molecular formula is C14H22N4O3. The first kappa shape index (κ1) is 15.5. The molecule has 2 amide bonds. The lowest BCUT2D eigenvalue weighted by atomic mass is 10.2. The van der Waals surface area contributed by atoms with Gasteiger partial charge in [0, 0.05) is 45.0 Å². The summed E-state index contributed by atoms with van der Waals surface area (Å²) in [5.74, 6) is 0. The summed E-state index contributed by atoms with van der Waals surface area (Å²) in [6.45, 7) is 5.93. The third-order valence-electron chi connectivity index (χ3n) is 3.57. The molecule has 1 aliphatic rings. The van der Waals surface area contributed by atoms with Crippen LogP contribution in [0, 0.1) is 0 Å². The van der Waals surface area contributed by atoms with E-state index in [1.54, 1.807) is 19.3 Å². The maximum atomic E-state index is 11.8. The molecule has 0 bridgehead atoms. The molecule has 0 aromatic carbocycles. The Hall–Kier alpha value is -1.86. The number of urea groups is 1. The van der Waals surface area contributed by atoms with E-state index >= 15 is 0 Å². The van der Waals surface area contributed by atoms with Gasteiger partial charge in [-0.05, 0) is 13.0 Å². The fourth-order valence-electron chi connectivity index (χ4n) is 2.23. The summed E-state index contributed by atoms with van der Waals surface area (Å²) >= 11 is 0. The summed E-state index contributed by atoms with van der Waals surface area (Å²) in [5, 5.41) is 5.56. The van der Waals surface area contributed by atoms with Gasteiger partial charge in [-0.2, -0.15) is 0 Å². The molecule has 7 nitrogen and oxygen atoms in total. The highest BCUT2D eigenvalue weighted by Crippen LogP contribution is 2.04. The number of aryl methyl sites for hydroxylation is 1. The number of rotatable bonds is 4. The molecule has 1 atom stereocenters. The van der Waals surface area contributed by atoms with E-state index in [4.69, 9.17) is 4.74 Å². The van der Waals surface area contributed by atoms with E-state index in [9.17, 15) is 9.59 Å². The number of ether oxygens (including phenoxy) is 1. The summed E-state index contributed by atoms with van der Waals surface area (Å²) in [7, 11) is 1.64. The van der Waals surface area contributed by atoms with Gasteiger partial charge in [-0.15, -0.1) is 0 Å². The zero-order chi connectivity index (χ0) is 15.2. The quantitative estimate of drug-likeness (QED) is 0.833. The summed E-state index contributed by atoms with van der Waals surface area (Å²) < 4.78 is 6.73. The van der Waals surface area contributed by atoms with Crippen LogP contribution in [0.25, 0.3) is 0 Å². The third-order valence-corrected chi connectivity index (χ3v) is 3.57. The lowest BCUT2D eigenvalue weighted by molar-refractivity contribution is 0.0209. The molecule has 0 radical (unpaired) electrons. The van der Waals surface area contributed by atoms with Crippen LogP contribution >= 0.6 is 0 Å². The fraction of sp³-hybridized carbons (Fsp3) is 0.571. The lowest BCUT2D eigenvalue weighted by Gasteiger charge is -2.32. The molecule has 2 heterocycles. The monoisotopic (exact) mass is 294 g/mol. The number of carbonyl (C=O) groups is 1. The minimum Gasteiger partial charge on any atom is -0.379 e. The number of hydrogen-bond acceptors (Lipinski definition) is 4. The molecule has 0 saturated carbocycles. The first-order chi connectivity index (χ1) is 10.1. The first-order valence-electron chi connectivity index (χ1n) is 7.09. The highest BCUT2D eigenvalue weighted by atomic mass is 16.5. The van der Waals surface area contributed by atoms with Gasteiger partial charge in [-0.3, -0.25) is 9.69 Å². The minimum absolute atomic E-state index is 0.109. The second-order valence-electron chi connectivity index (χ2n) is 5.20. The van der Waals surface area contributed by atoms with Crippen molar-refractivity contribution in [3.05, 3.63) is 28.7 Å². The molecule has 116 valence electrons. The Labute approximate surface area is 123 Å². The van der Waals surface area contributed by atoms with E-state index in [2.05, 4.69) is 22.5 Å². The van der Waals surface area contributed by atoms with Crippen LogP contribution in [-0.4, -0.2) is 54.4 Å². The van der Waals surface area contributed by atoms with Crippen LogP contribution in [0.4, 0.5) is 10.5 Å². The van der Waals surface area contributed by atoms with Crippen molar-refractivity contribution in [1.29, 1.82) is 0 Å². The van der Waals surface area contributed by atoms with Crippen molar-refractivity contribution >= 4 is 11.7 Å². The van der Waals surface area contributed by atoms with Crippen LogP contribution in [0.15, 0.2) is 23.1 Å². The molecule has 0 unspecified atom stereocenters. The average Bonchev–Trinajstić information content (AvgIpc) is 2.49. The SMILES string of the molecule is C[C@@H](CNC(=O)Nc1ccc(=O)n(C)c1)N1CCOCC1. The van der Waals surface area contributed by atoms with Crippen molar-refractivity contribution in [1.82, 2.24) is 14.8 Å². The molecule has 1 saturated heterocycles. The third kappa shape index (κ3) is 4.57. The molecule has 21 heavy (non-hydrogen) atoms. The first-order valence-corrected chi connectivity index (χ1v) is 7.09. The van der Waals surface area contributed by atoms with Crippen LogP contribution < -0.4 is 16.2 Å². The van der Waals surface area contributed by atoms with Crippen LogP contribution in [-0.2, 0) is 11.8 Å². The number of nitrogens with one attached hydrogen (secondary N) is 2. The van der Waals surface area contributed by atoms with Crippen molar-refractivity contribution < 1.29 is 9.53 Å². The Morgan fingerprint density at radius 1 is 1.38 bits per heavy atom. The number of morpholine rings is 1. The van der Waals surface area contributed by atoms with Gasteiger partial charge in [0.05, 0.1) is 18.9 Å². The van der Waals surface area contributed by atoms with Gasteiger partial charge in [-0.25, -0.2) is 4.79 Å². The maximum absolute atomic E-state index is 11.8. The van der Waals surface area contributed by atoms with E-state index in [-0.39, 0.29) is 17.6 Å². The highest BCUT2D eigenvalue weighted by molar-refractivity contribution is 5.88. The predicted molar refractivity (Wildman–Crippen MR) is 80.6 cm³/mol. The summed E-state index contributed by atoms with van der Waals surface area (Å²) in [4.78, 5) is 25.4. The molecule has 0 spiro atoms. The van der Waals surface area contributed by atoms with Gasteiger partial charge in [0.15, 0.2) is 0 Å². The molecule has 1 aromatic rings. The highest BCUT2D eigenvalue weighted by Gasteiger charge is 2.17. The Morgan fingerprint density at radius 3 is 2.76 bits per heavy atom. The molecule has 2 rings (SSSR count). The molecule has 7 heteroatoms. The van der Waals surface area contributed by atoms with Gasteiger partial charge < -0.3 is 19.9 Å². The number of nitrogens with zero attached hydrogens (tertiary/aromatic N) is 2. The lowest BCUT2D eigenvalue weighted by Crippen LogP contribution is -2.47. The topological polar surface area (TPSA) is 75.6 Å². The smallest absolute Gasteiger partial charge is 0.319 e. The van der Waals surface area contributed by atoms with Gasteiger partial charge in [0.2, 0.25) is 5.56 Å². The predicted octanol–water partition coefficient (Wildman–Crippen LogP) is 0.228. The molecular weight excluding hydrogens is 272 g/mol.